The van der Waals surface area contributed by atoms with Gasteiger partial charge in [0.25, 0.3) is 0 Å². The van der Waals surface area contributed by atoms with E-state index in [2.05, 4.69) is 4.72 Å². The van der Waals surface area contributed by atoms with Crippen LogP contribution >= 0.6 is 0 Å². The summed E-state index contributed by atoms with van der Waals surface area (Å²) in [5.41, 5.74) is -0.599. The van der Waals surface area contributed by atoms with E-state index < -0.39 is 27.2 Å². The van der Waals surface area contributed by atoms with Crippen LogP contribution in [0.15, 0.2) is 54.6 Å². The van der Waals surface area contributed by atoms with E-state index in [0.29, 0.717) is 31.6 Å². The molecule has 2 aromatic rings. The molecule has 0 aliphatic carbocycles. The molecule has 1 atom stereocenters. The smallest absolute Gasteiger partial charge is 0.215 e. The highest BCUT2D eigenvalue weighted by atomic mass is 32.2. The van der Waals surface area contributed by atoms with Crippen LogP contribution in [0.25, 0.3) is 0 Å². The fraction of sp³-hybridized carbons (Fsp3) is 0.400. The van der Waals surface area contributed by atoms with Gasteiger partial charge in [0.05, 0.1) is 5.75 Å². The van der Waals surface area contributed by atoms with E-state index in [-0.39, 0.29) is 18.0 Å². The van der Waals surface area contributed by atoms with Crippen LogP contribution in [0.3, 0.4) is 0 Å². The van der Waals surface area contributed by atoms with E-state index in [1.54, 1.807) is 18.2 Å². The first-order valence-corrected chi connectivity index (χ1v) is 10.6. The van der Waals surface area contributed by atoms with Gasteiger partial charge in [-0.1, -0.05) is 48.5 Å². The Balaban J connectivity index is 1.79. The maximum atomic E-state index is 13.8. The third-order valence-corrected chi connectivity index (χ3v) is 6.31. The van der Waals surface area contributed by atoms with E-state index in [0.717, 1.165) is 0 Å². The van der Waals surface area contributed by atoms with Crippen LogP contribution in [0, 0.1) is 11.7 Å². The minimum Gasteiger partial charge on any atom is -0.383 e. The van der Waals surface area contributed by atoms with Crippen molar-refractivity contribution in [3.05, 3.63) is 71.5 Å². The second kappa shape index (κ2) is 8.48. The average molecular weight is 393 g/mol. The molecule has 7 heteroatoms. The van der Waals surface area contributed by atoms with Crippen LogP contribution in [0.4, 0.5) is 4.39 Å². The lowest BCUT2D eigenvalue weighted by Gasteiger charge is -2.39. The van der Waals surface area contributed by atoms with E-state index in [9.17, 15) is 17.9 Å². The summed E-state index contributed by atoms with van der Waals surface area (Å²) in [7, 11) is -3.82. The van der Waals surface area contributed by atoms with Gasteiger partial charge in [0, 0.05) is 25.3 Å². The van der Waals surface area contributed by atoms with Crippen molar-refractivity contribution < 1.29 is 22.7 Å². The summed E-state index contributed by atoms with van der Waals surface area (Å²) < 4.78 is 46.7. The summed E-state index contributed by atoms with van der Waals surface area (Å²) >= 11 is 0. The number of hydrogen-bond acceptors (Lipinski definition) is 4. The average Bonchev–Trinajstić information content (AvgIpc) is 2.69. The van der Waals surface area contributed by atoms with Crippen LogP contribution in [0.1, 0.15) is 24.0 Å². The van der Waals surface area contributed by atoms with Crippen molar-refractivity contribution in [3.63, 3.8) is 0 Å². The molecule has 0 bridgehead atoms. The van der Waals surface area contributed by atoms with Crippen molar-refractivity contribution in [3.8, 4) is 0 Å². The number of nitrogens with one attached hydrogen (secondary N) is 1. The van der Waals surface area contributed by atoms with Gasteiger partial charge < -0.3 is 9.84 Å². The van der Waals surface area contributed by atoms with Gasteiger partial charge >= 0.3 is 0 Å². The lowest BCUT2D eigenvalue weighted by molar-refractivity contribution is -0.0663. The van der Waals surface area contributed by atoms with Crippen molar-refractivity contribution in [1.29, 1.82) is 0 Å². The summed E-state index contributed by atoms with van der Waals surface area (Å²) in [5.74, 6) is -1.17. The minimum absolute atomic E-state index is 0.0966. The van der Waals surface area contributed by atoms with Gasteiger partial charge in [-0.05, 0) is 30.4 Å². The summed E-state index contributed by atoms with van der Waals surface area (Å²) in [6, 6.07) is 14.8. The molecular weight excluding hydrogens is 369 g/mol. The number of hydrogen-bond donors (Lipinski definition) is 2. The molecule has 0 radical (unpaired) electrons. The Bertz CT molecular complexity index is 853. The molecule has 2 N–H and O–H groups in total. The minimum atomic E-state index is -3.82. The number of sulfonamides is 1. The first kappa shape index (κ1) is 19.9. The first-order valence-electron chi connectivity index (χ1n) is 8.97. The third kappa shape index (κ3) is 4.93. The van der Waals surface area contributed by atoms with Crippen molar-refractivity contribution in [2.24, 2.45) is 5.92 Å². The van der Waals surface area contributed by atoms with Crippen LogP contribution in [-0.4, -0.2) is 33.3 Å². The van der Waals surface area contributed by atoms with Gasteiger partial charge in [-0.25, -0.2) is 17.5 Å². The second-order valence-corrected chi connectivity index (χ2v) is 8.66. The van der Waals surface area contributed by atoms with Crippen molar-refractivity contribution in [2.45, 2.75) is 24.2 Å². The molecule has 0 saturated carbocycles. The Labute approximate surface area is 159 Å². The lowest BCUT2D eigenvalue weighted by atomic mass is 9.77. The van der Waals surface area contributed by atoms with Crippen molar-refractivity contribution >= 4 is 10.0 Å². The highest BCUT2D eigenvalue weighted by Crippen LogP contribution is 2.36. The van der Waals surface area contributed by atoms with Gasteiger partial charge in [0.1, 0.15) is 11.4 Å². The van der Waals surface area contributed by atoms with Crippen LogP contribution in [0.2, 0.25) is 0 Å². The molecule has 146 valence electrons. The number of aliphatic hydroxyl groups is 1. The predicted octanol–water partition coefficient (Wildman–Crippen LogP) is 2.56. The zero-order valence-electron chi connectivity index (χ0n) is 15.0. The molecule has 3 rings (SSSR count). The largest absolute Gasteiger partial charge is 0.383 e. The molecule has 2 aromatic carbocycles. The molecule has 0 amide bonds. The number of ether oxygens (including phenoxy) is 1. The number of rotatable bonds is 7. The quantitative estimate of drug-likeness (QED) is 0.758. The maximum Gasteiger partial charge on any atom is 0.215 e. The maximum absolute atomic E-state index is 13.8. The van der Waals surface area contributed by atoms with Crippen LogP contribution in [0.5, 0.6) is 0 Å². The van der Waals surface area contributed by atoms with E-state index in [1.807, 2.05) is 18.2 Å². The summed E-state index contributed by atoms with van der Waals surface area (Å²) in [4.78, 5) is 0. The Kier molecular flexibility index (Phi) is 6.26. The molecular formula is C20H24FNO4S. The molecule has 1 aliphatic heterocycles. The Morgan fingerprint density at radius 2 is 1.70 bits per heavy atom. The molecule has 0 spiro atoms. The molecule has 0 aromatic heterocycles. The SMILES string of the molecule is O=S(=O)(Cc1ccccc1F)NC[C@@](O)(c1ccccc1)C1CCOCC1. The van der Waals surface area contributed by atoms with Gasteiger partial charge in [-0.3, -0.25) is 0 Å². The third-order valence-electron chi connectivity index (χ3n) is 5.04. The number of halogens is 1. The monoisotopic (exact) mass is 393 g/mol. The van der Waals surface area contributed by atoms with Gasteiger partial charge in [0.15, 0.2) is 0 Å². The lowest BCUT2D eigenvalue weighted by Crippen LogP contribution is -2.47. The zero-order valence-corrected chi connectivity index (χ0v) is 15.8. The van der Waals surface area contributed by atoms with Crippen molar-refractivity contribution in [1.82, 2.24) is 4.72 Å². The van der Waals surface area contributed by atoms with Gasteiger partial charge in [-0.2, -0.15) is 0 Å². The Hall–Kier alpha value is -1.80. The topological polar surface area (TPSA) is 75.6 Å². The molecule has 1 saturated heterocycles. The zero-order chi connectivity index (χ0) is 19.3. The Morgan fingerprint density at radius 3 is 2.37 bits per heavy atom. The fourth-order valence-electron chi connectivity index (χ4n) is 3.48. The molecule has 1 heterocycles. The summed E-state index contributed by atoms with van der Waals surface area (Å²) in [5, 5.41) is 11.4. The molecule has 1 aliphatic rings. The fourth-order valence-corrected chi connectivity index (χ4v) is 4.66. The second-order valence-electron chi connectivity index (χ2n) is 6.85. The van der Waals surface area contributed by atoms with E-state index in [1.165, 1.54) is 18.2 Å². The highest BCUT2D eigenvalue weighted by Gasteiger charge is 2.40. The van der Waals surface area contributed by atoms with E-state index >= 15 is 0 Å². The van der Waals surface area contributed by atoms with Gasteiger partial charge in [-0.15, -0.1) is 0 Å². The molecule has 1 fully saturated rings. The molecule has 0 unspecified atom stereocenters. The van der Waals surface area contributed by atoms with E-state index in [4.69, 9.17) is 4.74 Å². The molecule has 27 heavy (non-hydrogen) atoms. The number of benzene rings is 2. The van der Waals surface area contributed by atoms with Crippen LogP contribution < -0.4 is 4.72 Å². The summed E-state index contributed by atoms with van der Waals surface area (Å²) in [6.45, 7) is 0.891. The predicted molar refractivity (Wildman–Crippen MR) is 101 cm³/mol. The Morgan fingerprint density at radius 1 is 1.07 bits per heavy atom. The van der Waals surface area contributed by atoms with Gasteiger partial charge in [0.2, 0.25) is 10.0 Å². The first-order chi connectivity index (χ1) is 12.9. The summed E-state index contributed by atoms with van der Waals surface area (Å²) in [6.07, 6.45) is 1.28. The standard InChI is InChI=1S/C20H24FNO4S/c21-19-9-5-4-6-16(19)14-27(24,25)22-15-20(23,17-7-2-1-3-8-17)18-10-12-26-13-11-18/h1-9,18,22-23H,10-15H2/t20-/m1/s1. The van der Waals surface area contributed by atoms with Crippen molar-refractivity contribution in [2.75, 3.05) is 19.8 Å². The normalized spacial score (nSPS) is 18.1. The van der Waals surface area contributed by atoms with Crippen LogP contribution in [-0.2, 0) is 26.1 Å². The highest BCUT2D eigenvalue weighted by molar-refractivity contribution is 7.88. The molecule has 5 nitrogen and oxygen atoms in total.